The van der Waals surface area contributed by atoms with Gasteiger partial charge in [-0.15, -0.1) is 0 Å². The van der Waals surface area contributed by atoms with Crippen LogP contribution >= 0.6 is 0 Å². The van der Waals surface area contributed by atoms with E-state index in [4.69, 9.17) is 5.11 Å². The van der Waals surface area contributed by atoms with E-state index in [1.165, 1.54) is 0 Å². The van der Waals surface area contributed by atoms with Crippen LogP contribution in [-0.4, -0.2) is 36.1 Å². The third kappa shape index (κ3) is 5.84. The van der Waals surface area contributed by atoms with Crippen LogP contribution in [0.3, 0.4) is 0 Å². The van der Waals surface area contributed by atoms with Crippen molar-refractivity contribution in [2.24, 2.45) is 0 Å². The van der Waals surface area contributed by atoms with E-state index < -0.39 is 6.04 Å². The van der Waals surface area contributed by atoms with Crippen molar-refractivity contribution in [3.05, 3.63) is 35.9 Å². The Morgan fingerprint density at radius 2 is 1.95 bits per heavy atom. The van der Waals surface area contributed by atoms with Gasteiger partial charge in [0, 0.05) is 6.54 Å². The lowest BCUT2D eigenvalue weighted by Gasteiger charge is -2.17. The highest BCUT2D eigenvalue weighted by Crippen LogP contribution is 2.02. The van der Waals surface area contributed by atoms with Gasteiger partial charge >= 0.3 is 0 Å². The molecule has 0 aromatic heterocycles. The van der Waals surface area contributed by atoms with Gasteiger partial charge in [0.15, 0.2) is 0 Å². The molecule has 1 rings (SSSR count). The van der Waals surface area contributed by atoms with Crippen LogP contribution in [0.1, 0.15) is 25.3 Å². The molecule has 0 aliphatic heterocycles. The molecular weight excluding hydrogens is 256 g/mol. The van der Waals surface area contributed by atoms with Crippen molar-refractivity contribution in [2.45, 2.75) is 32.2 Å². The lowest BCUT2D eigenvalue weighted by atomic mass is 10.1. The van der Waals surface area contributed by atoms with Crippen LogP contribution in [-0.2, 0) is 16.0 Å². The minimum absolute atomic E-state index is 0.109. The summed E-state index contributed by atoms with van der Waals surface area (Å²) >= 11 is 0. The molecule has 0 aliphatic carbocycles. The van der Waals surface area contributed by atoms with Gasteiger partial charge < -0.3 is 15.7 Å². The Bertz CT molecular complexity index is 420. The van der Waals surface area contributed by atoms with Crippen molar-refractivity contribution in [3.63, 3.8) is 0 Å². The fourth-order valence-corrected chi connectivity index (χ4v) is 1.89. The number of rotatable bonds is 8. The van der Waals surface area contributed by atoms with Crippen molar-refractivity contribution < 1.29 is 14.7 Å². The van der Waals surface area contributed by atoms with Gasteiger partial charge in [-0.1, -0.05) is 43.7 Å². The largest absolute Gasteiger partial charge is 0.395 e. The van der Waals surface area contributed by atoms with Crippen LogP contribution in [0.25, 0.3) is 0 Å². The Kier molecular flexibility index (Phi) is 7.35. The minimum Gasteiger partial charge on any atom is -0.395 e. The van der Waals surface area contributed by atoms with Crippen LogP contribution in [0.2, 0.25) is 0 Å². The number of hydrogen-bond donors (Lipinski definition) is 3. The quantitative estimate of drug-likeness (QED) is 0.652. The first kappa shape index (κ1) is 16.2. The summed E-state index contributed by atoms with van der Waals surface area (Å²) in [6.45, 7) is 2.05. The summed E-state index contributed by atoms with van der Waals surface area (Å²) in [5.41, 5.74) is 0.913. The van der Waals surface area contributed by atoms with E-state index in [0.29, 0.717) is 6.42 Å². The summed E-state index contributed by atoms with van der Waals surface area (Å²) in [5, 5.41) is 14.0. The second-order valence-corrected chi connectivity index (χ2v) is 4.59. The molecule has 110 valence electrons. The molecule has 0 aliphatic rings. The highest BCUT2D eigenvalue weighted by Gasteiger charge is 2.19. The van der Waals surface area contributed by atoms with E-state index in [-0.39, 0.29) is 31.4 Å². The molecule has 0 bridgehead atoms. The lowest BCUT2D eigenvalue weighted by molar-refractivity contribution is -0.129. The maximum Gasteiger partial charge on any atom is 0.242 e. The fourth-order valence-electron chi connectivity index (χ4n) is 1.89. The Morgan fingerprint density at radius 3 is 2.55 bits per heavy atom. The number of hydrogen-bond acceptors (Lipinski definition) is 3. The molecule has 1 aromatic carbocycles. The van der Waals surface area contributed by atoms with Crippen LogP contribution in [0.4, 0.5) is 0 Å². The zero-order chi connectivity index (χ0) is 14.8. The zero-order valence-corrected chi connectivity index (χ0v) is 11.8. The Balaban J connectivity index is 2.52. The first-order valence-electron chi connectivity index (χ1n) is 6.89. The van der Waals surface area contributed by atoms with Crippen LogP contribution in [0, 0.1) is 0 Å². The number of aliphatic hydroxyl groups excluding tert-OH is 1. The van der Waals surface area contributed by atoms with E-state index >= 15 is 0 Å². The highest BCUT2D eigenvalue weighted by atomic mass is 16.3. The number of nitrogens with one attached hydrogen (secondary N) is 2. The average molecular weight is 278 g/mol. The minimum atomic E-state index is -0.539. The fraction of sp³-hybridized carbons (Fsp3) is 0.467. The van der Waals surface area contributed by atoms with Crippen LogP contribution < -0.4 is 10.6 Å². The van der Waals surface area contributed by atoms with Gasteiger partial charge in [0.25, 0.3) is 0 Å². The predicted octanol–water partition coefficient (Wildman–Crippen LogP) is 0.622. The van der Waals surface area contributed by atoms with E-state index in [0.717, 1.165) is 12.0 Å². The number of aliphatic hydroxyl groups is 1. The second kappa shape index (κ2) is 9.09. The molecule has 0 saturated heterocycles. The molecule has 1 aromatic rings. The maximum atomic E-state index is 11.9. The van der Waals surface area contributed by atoms with Crippen molar-refractivity contribution in [1.29, 1.82) is 0 Å². The number of carbonyl (C=O) groups excluding carboxylic acids is 2. The number of amides is 2. The standard InChI is InChI=1S/C15H22N2O3/c1-2-6-13(15(20)16-9-10-18)17-14(19)11-12-7-4-3-5-8-12/h3-5,7-8,13,18H,2,6,9-11H2,1H3,(H,16,20)(H,17,19). The summed E-state index contributed by atoms with van der Waals surface area (Å²) in [6.07, 6.45) is 1.63. The molecule has 1 atom stereocenters. The molecule has 20 heavy (non-hydrogen) atoms. The Hall–Kier alpha value is -1.88. The van der Waals surface area contributed by atoms with Gasteiger partial charge in [-0.3, -0.25) is 9.59 Å². The maximum absolute atomic E-state index is 11.9. The highest BCUT2D eigenvalue weighted by molar-refractivity contribution is 5.88. The smallest absolute Gasteiger partial charge is 0.242 e. The molecule has 2 amide bonds. The molecule has 5 heteroatoms. The summed E-state index contributed by atoms with van der Waals surface area (Å²) in [5.74, 6) is -0.420. The topological polar surface area (TPSA) is 78.4 Å². The third-order valence-electron chi connectivity index (χ3n) is 2.85. The normalized spacial score (nSPS) is 11.7. The van der Waals surface area contributed by atoms with E-state index in [1.54, 1.807) is 0 Å². The number of carbonyl (C=O) groups is 2. The molecule has 5 nitrogen and oxygen atoms in total. The first-order valence-corrected chi connectivity index (χ1v) is 6.89. The molecular formula is C15H22N2O3. The summed E-state index contributed by atoms with van der Waals surface area (Å²) in [7, 11) is 0. The third-order valence-corrected chi connectivity index (χ3v) is 2.85. The average Bonchev–Trinajstić information content (AvgIpc) is 2.45. The second-order valence-electron chi connectivity index (χ2n) is 4.59. The molecule has 3 N–H and O–H groups in total. The van der Waals surface area contributed by atoms with E-state index in [1.807, 2.05) is 37.3 Å². The van der Waals surface area contributed by atoms with Crippen molar-refractivity contribution in [3.8, 4) is 0 Å². The summed E-state index contributed by atoms with van der Waals surface area (Å²) < 4.78 is 0. The van der Waals surface area contributed by atoms with Gasteiger partial charge in [0.2, 0.25) is 11.8 Å². The SMILES string of the molecule is CCCC(NC(=O)Cc1ccccc1)C(=O)NCCO. The Morgan fingerprint density at radius 1 is 1.25 bits per heavy atom. The van der Waals surface area contributed by atoms with Crippen LogP contribution in [0.5, 0.6) is 0 Å². The van der Waals surface area contributed by atoms with E-state index in [9.17, 15) is 9.59 Å². The summed E-state index contributed by atoms with van der Waals surface area (Å²) in [6, 6.07) is 8.85. The molecule has 0 heterocycles. The molecule has 0 saturated carbocycles. The monoisotopic (exact) mass is 278 g/mol. The van der Waals surface area contributed by atoms with Gasteiger partial charge in [0.05, 0.1) is 13.0 Å². The van der Waals surface area contributed by atoms with Crippen molar-refractivity contribution in [1.82, 2.24) is 10.6 Å². The van der Waals surface area contributed by atoms with Crippen LogP contribution in [0.15, 0.2) is 30.3 Å². The molecule has 0 radical (unpaired) electrons. The summed E-state index contributed by atoms with van der Waals surface area (Å²) in [4.78, 5) is 23.8. The van der Waals surface area contributed by atoms with Gasteiger partial charge in [-0.05, 0) is 12.0 Å². The Labute approximate surface area is 119 Å². The first-order chi connectivity index (χ1) is 9.67. The molecule has 1 unspecified atom stereocenters. The van der Waals surface area contributed by atoms with E-state index in [2.05, 4.69) is 10.6 Å². The van der Waals surface area contributed by atoms with Gasteiger partial charge in [-0.25, -0.2) is 0 Å². The van der Waals surface area contributed by atoms with Crippen molar-refractivity contribution in [2.75, 3.05) is 13.2 Å². The number of benzene rings is 1. The lowest BCUT2D eigenvalue weighted by Crippen LogP contribution is -2.47. The van der Waals surface area contributed by atoms with Crippen molar-refractivity contribution >= 4 is 11.8 Å². The van der Waals surface area contributed by atoms with Gasteiger partial charge in [0.1, 0.15) is 6.04 Å². The zero-order valence-electron chi connectivity index (χ0n) is 11.8. The molecule has 0 spiro atoms. The molecule has 0 fully saturated rings. The van der Waals surface area contributed by atoms with Gasteiger partial charge in [-0.2, -0.15) is 0 Å². The predicted molar refractivity (Wildman–Crippen MR) is 77.1 cm³/mol.